The summed E-state index contributed by atoms with van der Waals surface area (Å²) < 4.78 is 30.4. The van der Waals surface area contributed by atoms with Crippen molar-refractivity contribution >= 4 is 17.7 Å². The standard InChI is InChI=1S/C18H25FN4O5/c1-13(24)21-20-11-15-12-23(18(25)28-15)14-2-3-17(16(19)10-14)27-9-6-22-4-7-26-8-5-22/h2-3,10,15,20H,4-9,11-12H2,1H3,(H,21,24)/t15-/m0/s1. The largest absolute Gasteiger partial charge is 0.489 e. The van der Waals surface area contributed by atoms with E-state index >= 15 is 0 Å². The summed E-state index contributed by atoms with van der Waals surface area (Å²) in [6.07, 6.45) is -1.01. The van der Waals surface area contributed by atoms with Gasteiger partial charge in [-0.2, -0.15) is 0 Å². The lowest BCUT2D eigenvalue weighted by atomic mass is 10.2. The van der Waals surface area contributed by atoms with E-state index in [4.69, 9.17) is 14.2 Å². The fourth-order valence-corrected chi connectivity index (χ4v) is 3.01. The molecule has 2 aliphatic heterocycles. The number of hydrogen-bond acceptors (Lipinski definition) is 7. The Morgan fingerprint density at radius 3 is 2.86 bits per heavy atom. The lowest BCUT2D eigenvalue weighted by molar-refractivity contribution is -0.120. The van der Waals surface area contributed by atoms with E-state index in [1.165, 1.54) is 24.0 Å². The van der Waals surface area contributed by atoms with Crippen LogP contribution in [0.4, 0.5) is 14.9 Å². The van der Waals surface area contributed by atoms with Gasteiger partial charge in [0.1, 0.15) is 12.7 Å². The van der Waals surface area contributed by atoms with Gasteiger partial charge in [-0.15, -0.1) is 0 Å². The highest BCUT2D eigenvalue weighted by Gasteiger charge is 2.32. The Labute approximate surface area is 162 Å². The third-order valence-electron chi connectivity index (χ3n) is 4.46. The number of cyclic esters (lactones) is 1. The minimum Gasteiger partial charge on any atom is -0.489 e. The first-order valence-electron chi connectivity index (χ1n) is 9.23. The average Bonchev–Trinajstić information content (AvgIpc) is 3.04. The number of amides is 2. The molecule has 154 valence electrons. The summed E-state index contributed by atoms with van der Waals surface area (Å²) in [5.41, 5.74) is 5.49. The highest BCUT2D eigenvalue weighted by molar-refractivity contribution is 5.89. The van der Waals surface area contributed by atoms with E-state index in [0.717, 1.165) is 13.1 Å². The van der Waals surface area contributed by atoms with E-state index in [1.54, 1.807) is 6.07 Å². The maximum atomic E-state index is 14.4. The number of rotatable bonds is 8. The molecule has 1 aromatic rings. The van der Waals surface area contributed by atoms with E-state index < -0.39 is 18.0 Å². The van der Waals surface area contributed by atoms with Crippen LogP contribution in [-0.2, 0) is 14.3 Å². The number of benzene rings is 1. The third-order valence-corrected chi connectivity index (χ3v) is 4.46. The first kappa shape index (κ1) is 20.3. The van der Waals surface area contributed by atoms with Crippen LogP contribution in [0.1, 0.15) is 6.92 Å². The molecular weight excluding hydrogens is 371 g/mol. The zero-order valence-corrected chi connectivity index (χ0v) is 15.8. The molecule has 28 heavy (non-hydrogen) atoms. The Bertz CT molecular complexity index is 699. The second-order valence-corrected chi connectivity index (χ2v) is 6.60. The van der Waals surface area contributed by atoms with Gasteiger partial charge in [0, 0.05) is 32.6 Å². The van der Waals surface area contributed by atoms with Gasteiger partial charge in [-0.3, -0.25) is 20.0 Å². The topological polar surface area (TPSA) is 92.4 Å². The highest BCUT2D eigenvalue weighted by atomic mass is 19.1. The number of ether oxygens (including phenoxy) is 3. The number of carbonyl (C=O) groups is 2. The van der Waals surface area contributed by atoms with Crippen molar-refractivity contribution < 1.29 is 28.2 Å². The van der Waals surface area contributed by atoms with Crippen molar-refractivity contribution in [3.8, 4) is 5.75 Å². The van der Waals surface area contributed by atoms with Crippen molar-refractivity contribution in [2.24, 2.45) is 0 Å². The molecule has 2 fully saturated rings. The molecule has 0 aliphatic carbocycles. The summed E-state index contributed by atoms with van der Waals surface area (Å²) >= 11 is 0. The number of anilines is 1. The third kappa shape index (κ3) is 5.54. The molecular formula is C18H25FN4O5. The van der Waals surface area contributed by atoms with Crippen molar-refractivity contribution in [2.75, 3.05) is 57.4 Å². The smallest absolute Gasteiger partial charge is 0.414 e. The SMILES string of the molecule is CC(=O)NNC[C@H]1CN(c2ccc(OCCN3CCOCC3)c(F)c2)C(=O)O1. The number of morpholine rings is 1. The van der Waals surface area contributed by atoms with E-state index in [0.29, 0.717) is 32.1 Å². The molecule has 2 saturated heterocycles. The Balaban J connectivity index is 1.50. The summed E-state index contributed by atoms with van der Waals surface area (Å²) in [7, 11) is 0. The van der Waals surface area contributed by atoms with Crippen LogP contribution < -0.4 is 20.5 Å². The van der Waals surface area contributed by atoms with Crippen molar-refractivity contribution in [1.29, 1.82) is 0 Å². The summed E-state index contributed by atoms with van der Waals surface area (Å²) in [5.74, 6) is -0.631. The van der Waals surface area contributed by atoms with E-state index in [2.05, 4.69) is 15.8 Å². The molecule has 3 rings (SSSR count). The molecule has 9 nitrogen and oxygen atoms in total. The van der Waals surface area contributed by atoms with Gasteiger partial charge in [-0.05, 0) is 12.1 Å². The second kappa shape index (κ2) is 9.67. The van der Waals surface area contributed by atoms with Crippen LogP contribution in [0.3, 0.4) is 0 Å². The zero-order chi connectivity index (χ0) is 19.9. The van der Waals surface area contributed by atoms with Crippen LogP contribution in [0, 0.1) is 5.82 Å². The van der Waals surface area contributed by atoms with Crippen LogP contribution in [0.2, 0.25) is 0 Å². The molecule has 0 saturated carbocycles. The molecule has 0 radical (unpaired) electrons. The number of hydrogen-bond donors (Lipinski definition) is 2. The Hall–Kier alpha value is -2.43. The first-order valence-corrected chi connectivity index (χ1v) is 9.23. The van der Waals surface area contributed by atoms with E-state index in [9.17, 15) is 14.0 Å². The Kier molecular flexibility index (Phi) is 7.01. The van der Waals surface area contributed by atoms with Crippen molar-refractivity contribution in [3.63, 3.8) is 0 Å². The van der Waals surface area contributed by atoms with Crippen LogP contribution in [-0.4, -0.2) is 75.5 Å². The number of nitrogens with one attached hydrogen (secondary N) is 2. The van der Waals surface area contributed by atoms with Crippen molar-refractivity contribution in [2.45, 2.75) is 13.0 Å². The quantitative estimate of drug-likeness (QED) is 0.619. The van der Waals surface area contributed by atoms with Crippen LogP contribution in [0.25, 0.3) is 0 Å². The Morgan fingerprint density at radius 2 is 2.14 bits per heavy atom. The summed E-state index contributed by atoms with van der Waals surface area (Å²) in [5, 5.41) is 0. The van der Waals surface area contributed by atoms with Gasteiger partial charge >= 0.3 is 6.09 Å². The monoisotopic (exact) mass is 396 g/mol. The lowest BCUT2D eigenvalue weighted by Gasteiger charge is -2.26. The number of hydrazine groups is 1. The molecule has 0 unspecified atom stereocenters. The normalized spacial score (nSPS) is 20.1. The fraction of sp³-hybridized carbons (Fsp3) is 0.556. The van der Waals surface area contributed by atoms with E-state index in [-0.39, 0.29) is 24.7 Å². The second-order valence-electron chi connectivity index (χ2n) is 6.60. The molecule has 2 aliphatic rings. The maximum absolute atomic E-state index is 14.4. The Morgan fingerprint density at radius 1 is 1.36 bits per heavy atom. The molecule has 0 aromatic heterocycles. The summed E-state index contributed by atoms with van der Waals surface area (Å²) in [6.45, 7) is 6.06. The van der Waals surface area contributed by atoms with Gasteiger partial charge in [0.2, 0.25) is 5.91 Å². The average molecular weight is 396 g/mol. The minimum atomic E-state index is -0.560. The number of halogens is 1. The minimum absolute atomic E-state index is 0.147. The van der Waals surface area contributed by atoms with Crippen LogP contribution >= 0.6 is 0 Å². The van der Waals surface area contributed by atoms with Crippen molar-refractivity contribution in [1.82, 2.24) is 15.8 Å². The lowest BCUT2D eigenvalue weighted by Crippen LogP contribution is -2.41. The van der Waals surface area contributed by atoms with Gasteiger partial charge < -0.3 is 14.2 Å². The molecule has 1 atom stereocenters. The van der Waals surface area contributed by atoms with Gasteiger partial charge in [0.15, 0.2) is 11.6 Å². The van der Waals surface area contributed by atoms with Crippen molar-refractivity contribution in [3.05, 3.63) is 24.0 Å². The molecule has 0 bridgehead atoms. The molecule has 2 amide bonds. The number of nitrogens with zero attached hydrogens (tertiary/aromatic N) is 2. The van der Waals surface area contributed by atoms with Gasteiger partial charge in [0.05, 0.1) is 32.0 Å². The molecule has 1 aromatic carbocycles. The first-order chi connectivity index (χ1) is 13.5. The maximum Gasteiger partial charge on any atom is 0.414 e. The summed E-state index contributed by atoms with van der Waals surface area (Å²) in [4.78, 5) is 26.4. The van der Waals surface area contributed by atoms with Crippen LogP contribution in [0.15, 0.2) is 18.2 Å². The van der Waals surface area contributed by atoms with Crippen LogP contribution in [0.5, 0.6) is 5.75 Å². The van der Waals surface area contributed by atoms with Gasteiger partial charge in [-0.25, -0.2) is 14.6 Å². The number of carbonyl (C=O) groups excluding carboxylic acids is 2. The molecule has 2 heterocycles. The molecule has 0 spiro atoms. The fourth-order valence-electron chi connectivity index (χ4n) is 3.01. The van der Waals surface area contributed by atoms with E-state index in [1.807, 2.05) is 0 Å². The molecule has 10 heteroatoms. The molecule has 2 N–H and O–H groups in total. The summed E-state index contributed by atoms with van der Waals surface area (Å²) in [6, 6.07) is 4.40. The zero-order valence-electron chi connectivity index (χ0n) is 15.8. The predicted octanol–water partition coefficient (Wildman–Crippen LogP) is 0.503. The highest BCUT2D eigenvalue weighted by Crippen LogP contribution is 2.27. The van der Waals surface area contributed by atoms with Gasteiger partial charge in [-0.1, -0.05) is 0 Å². The predicted molar refractivity (Wildman–Crippen MR) is 98.6 cm³/mol. The van der Waals surface area contributed by atoms with Gasteiger partial charge in [0.25, 0.3) is 0 Å².